The number of sulfonamides is 1. The van der Waals surface area contributed by atoms with Gasteiger partial charge in [-0.25, -0.2) is 0 Å². The van der Waals surface area contributed by atoms with Crippen molar-refractivity contribution in [3.05, 3.63) is 71.6 Å². The summed E-state index contributed by atoms with van der Waals surface area (Å²) < 4.78 is 26.8. The topological polar surface area (TPSA) is 66.8 Å². The van der Waals surface area contributed by atoms with Crippen LogP contribution in [0.15, 0.2) is 70.7 Å². The predicted octanol–water partition coefficient (Wildman–Crippen LogP) is 3.37. The molecule has 26 heavy (non-hydrogen) atoms. The van der Waals surface area contributed by atoms with E-state index in [4.69, 9.17) is 0 Å². The van der Waals surface area contributed by atoms with E-state index in [1.165, 1.54) is 12.1 Å². The average Bonchev–Trinajstić information content (AvgIpc) is 2.79. The van der Waals surface area contributed by atoms with E-state index in [-0.39, 0.29) is 10.9 Å². The zero-order chi connectivity index (χ0) is 19.4. The molecular weight excluding hydrogens is 364 g/mol. The Morgan fingerprint density at radius 3 is 2.00 bits per heavy atom. The molecule has 0 unspecified atom stereocenters. The molecule has 0 heterocycles. The number of amides is 1. The molecule has 138 valence electrons. The second-order valence-corrected chi connectivity index (χ2v) is 14.6. The lowest BCUT2D eigenvalue weighted by atomic mass is 10.2. The standard InChI is InChI=1S/C19H24N2O3SSi/c1-16-11-13-18(14-12-16)25(23,24)21(19(22)15-26(2,3)4)20-17-9-7-5-6-8-10-17/h5-14H,15H2,1-4H3. The Balaban J connectivity index is 2.58. The van der Waals surface area contributed by atoms with Gasteiger partial charge in [0.2, 0.25) is 0 Å². The van der Waals surface area contributed by atoms with Crippen LogP contribution in [0.4, 0.5) is 0 Å². The maximum atomic E-state index is 13.1. The average molecular weight is 389 g/mol. The third-order valence-corrected chi connectivity index (χ3v) is 6.49. The summed E-state index contributed by atoms with van der Waals surface area (Å²) in [5.41, 5.74) is 0.941. The molecule has 2 rings (SSSR count). The first-order valence-electron chi connectivity index (χ1n) is 8.34. The Hall–Kier alpha value is -2.25. The van der Waals surface area contributed by atoms with E-state index in [0.717, 1.165) is 5.56 Å². The zero-order valence-corrected chi connectivity index (χ0v) is 17.3. The zero-order valence-electron chi connectivity index (χ0n) is 15.5. The van der Waals surface area contributed by atoms with Crippen molar-refractivity contribution in [1.82, 2.24) is 4.41 Å². The summed E-state index contributed by atoms with van der Waals surface area (Å²) in [5.74, 6) is -0.503. The molecule has 7 heteroatoms. The van der Waals surface area contributed by atoms with Gasteiger partial charge in [-0.05, 0) is 31.2 Å². The van der Waals surface area contributed by atoms with E-state index in [9.17, 15) is 13.2 Å². The molecule has 0 atom stereocenters. The van der Waals surface area contributed by atoms with Crippen LogP contribution in [-0.4, -0.2) is 26.8 Å². The molecule has 2 aromatic rings. The van der Waals surface area contributed by atoms with Crippen molar-refractivity contribution in [3.63, 3.8) is 0 Å². The van der Waals surface area contributed by atoms with Gasteiger partial charge in [0, 0.05) is 6.04 Å². The van der Waals surface area contributed by atoms with Gasteiger partial charge in [0.1, 0.15) is 0 Å². The fourth-order valence-corrected chi connectivity index (χ4v) is 4.62. The highest BCUT2D eigenvalue weighted by Gasteiger charge is 2.32. The number of carbonyl (C=O) groups is 1. The minimum Gasteiger partial charge on any atom is -0.272 e. The molecule has 0 saturated carbocycles. The Morgan fingerprint density at radius 1 is 0.962 bits per heavy atom. The van der Waals surface area contributed by atoms with E-state index in [0.29, 0.717) is 9.77 Å². The van der Waals surface area contributed by atoms with Crippen LogP contribution in [0.3, 0.4) is 0 Å². The van der Waals surface area contributed by atoms with Crippen LogP contribution >= 0.6 is 0 Å². The smallest absolute Gasteiger partial charge is 0.272 e. The Kier molecular flexibility index (Phi) is 6.15. The first-order valence-corrected chi connectivity index (χ1v) is 13.5. The number of benzene rings is 1. The Bertz CT molecular complexity index is 927. The van der Waals surface area contributed by atoms with Gasteiger partial charge in [0.15, 0.2) is 0 Å². The normalized spacial score (nSPS) is 11.7. The van der Waals surface area contributed by atoms with Gasteiger partial charge < -0.3 is 0 Å². The minimum atomic E-state index is -4.07. The van der Waals surface area contributed by atoms with E-state index in [2.05, 4.69) is 5.10 Å². The molecule has 0 bridgehead atoms. The lowest BCUT2D eigenvalue weighted by Crippen LogP contribution is -2.38. The van der Waals surface area contributed by atoms with Crippen LogP contribution < -0.4 is 5.36 Å². The molecule has 0 aliphatic rings. The second kappa shape index (κ2) is 7.97. The lowest BCUT2D eigenvalue weighted by molar-refractivity contribution is -0.124. The van der Waals surface area contributed by atoms with Crippen molar-refractivity contribution in [1.29, 1.82) is 0 Å². The molecule has 1 amide bonds. The Morgan fingerprint density at radius 2 is 1.50 bits per heavy atom. The quantitative estimate of drug-likeness (QED) is 0.583. The third kappa shape index (κ3) is 5.37. The van der Waals surface area contributed by atoms with Crippen molar-refractivity contribution in [2.24, 2.45) is 5.10 Å². The molecule has 0 aliphatic carbocycles. The van der Waals surface area contributed by atoms with Crippen LogP contribution in [0, 0.1) is 6.92 Å². The van der Waals surface area contributed by atoms with Crippen molar-refractivity contribution >= 4 is 24.0 Å². The van der Waals surface area contributed by atoms with Gasteiger partial charge >= 0.3 is 0 Å². The van der Waals surface area contributed by atoms with Crippen LogP contribution in [0.1, 0.15) is 5.56 Å². The van der Waals surface area contributed by atoms with E-state index in [1.807, 2.05) is 38.7 Å². The number of hydrogen-bond acceptors (Lipinski definition) is 4. The lowest BCUT2D eigenvalue weighted by Gasteiger charge is -2.21. The first kappa shape index (κ1) is 20.1. The molecule has 0 aliphatic heterocycles. The maximum absolute atomic E-state index is 13.1. The summed E-state index contributed by atoms with van der Waals surface area (Å²) >= 11 is 0. The third-order valence-electron chi connectivity index (χ3n) is 3.52. The van der Waals surface area contributed by atoms with Crippen LogP contribution in [0.5, 0.6) is 0 Å². The van der Waals surface area contributed by atoms with Crippen molar-refractivity contribution in [2.75, 3.05) is 0 Å². The summed E-state index contributed by atoms with van der Waals surface area (Å²) in [6, 6.07) is 17.0. The van der Waals surface area contributed by atoms with Gasteiger partial charge in [-0.1, -0.05) is 61.6 Å². The minimum absolute atomic E-state index is 0.0519. The van der Waals surface area contributed by atoms with Crippen LogP contribution in [-0.2, 0) is 14.8 Å². The molecule has 0 saturated heterocycles. The fraction of sp³-hybridized carbons (Fsp3) is 0.263. The predicted molar refractivity (Wildman–Crippen MR) is 105 cm³/mol. The highest BCUT2D eigenvalue weighted by atomic mass is 32.2. The van der Waals surface area contributed by atoms with E-state index >= 15 is 0 Å². The van der Waals surface area contributed by atoms with E-state index < -0.39 is 24.0 Å². The highest BCUT2D eigenvalue weighted by molar-refractivity contribution is 7.89. The Labute approximate surface area is 156 Å². The summed E-state index contributed by atoms with van der Waals surface area (Å²) in [6.07, 6.45) is 0. The second-order valence-electron chi connectivity index (χ2n) is 7.32. The molecule has 0 fully saturated rings. The molecule has 0 N–H and O–H groups in total. The summed E-state index contributed by atoms with van der Waals surface area (Å²) in [7, 11) is -5.89. The van der Waals surface area contributed by atoms with Crippen molar-refractivity contribution < 1.29 is 13.2 Å². The van der Waals surface area contributed by atoms with Crippen LogP contribution in [0.2, 0.25) is 25.7 Å². The number of hydrogen-bond donors (Lipinski definition) is 0. The van der Waals surface area contributed by atoms with Crippen LogP contribution in [0.25, 0.3) is 0 Å². The molecular formula is C19H24N2O3SSi. The van der Waals surface area contributed by atoms with Gasteiger partial charge in [-0.15, -0.1) is 4.41 Å². The largest absolute Gasteiger partial charge is 0.286 e. The molecule has 0 aromatic heterocycles. The van der Waals surface area contributed by atoms with Gasteiger partial charge in [-0.2, -0.15) is 13.5 Å². The van der Waals surface area contributed by atoms with Crippen molar-refractivity contribution in [2.45, 2.75) is 37.5 Å². The number of carbonyl (C=O) groups excluding carboxylic acids is 1. The maximum Gasteiger partial charge on any atom is 0.286 e. The number of aryl methyl sites for hydroxylation is 1. The molecule has 0 radical (unpaired) electrons. The number of nitrogens with zero attached hydrogens (tertiary/aromatic N) is 2. The van der Waals surface area contributed by atoms with Gasteiger partial charge in [-0.3, -0.25) is 4.79 Å². The van der Waals surface area contributed by atoms with Crippen molar-refractivity contribution in [3.8, 4) is 0 Å². The summed E-state index contributed by atoms with van der Waals surface area (Å²) in [5, 5.41) is 4.57. The molecule has 5 nitrogen and oxygen atoms in total. The first-order chi connectivity index (χ1) is 12.1. The summed E-state index contributed by atoms with van der Waals surface area (Å²) in [6.45, 7) is 7.93. The van der Waals surface area contributed by atoms with E-state index in [1.54, 1.807) is 36.4 Å². The molecule has 0 spiro atoms. The summed E-state index contributed by atoms with van der Waals surface area (Å²) in [4.78, 5) is 12.9. The SMILES string of the molecule is Cc1ccc(S(=O)(=O)N(N=c2cccccc2)C(=O)C[Si](C)(C)C)cc1. The molecule has 2 aromatic carbocycles. The monoisotopic (exact) mass is 388 g/mol. The van der Waals surface area contributed by atoms with Gasteiger partial charge in [0.25, 0.3) is 15.9 Å². The highest BCUT2D eigenvalue weighted by Crippen LogP contribution is 2.20. The fourth-order valence-electron chi connectivity index (χ4n) is 2.24. The van der Waals surface area contributed by atoms with Gasteiger partial charge in [0.05, 0.1) is 18.3 Å². The number of rotatable bonds is 5.